The van der Waals surface area contributed by atoms with E-state index in [0.29, 0.717) is 149 Å². The number of halogens is 1. The standard InChI is InChI=1S/C26H24N4O3S.2C25H23N5O3S.C24H20ClN5O3S/c1-18-7-11-21(17-23(18)25-14-10-19-5-2-3-6-24(19)29-25)28-26(31)20-8-12-22(13-9-20)30-16-4-15-27-34(30,32)33;1-17-5-8-19(16-21(17)22-11-12-23-24(29-22)4-2-13-26-23)28-25(31)18-6-9-20(10-7-18)30-15-3-14-27-34(30,32)33;1-17-7-10-20(15-22(17)24-26-16-19-5-2-3-6-23(19)29-24)28-25(31)18-8-11-21(12-9-18)30-14-4-13-27-34(30,32)33;25-20-9-6-17(15-19(20)21-10-11-22-23(29-21)3-1-12-26-22)28-24(31)16-4-7-18(8-5-16)30-14-2-13-27-34(30,32)33/h2-3,5-14,17,27H,4,15-16H2,1H3,(H,28,31);2,4-13,16,27H,3,14-15H2,1H3,(H,28,31);2-3,5-12,15-16,27H,4,13-14H2,1H3,(H,28,31);1,3-12,15,27H,2,13-14H2,(H,28,31). The summed E-state index contributed by atoms with van der Waals surface area (Å²) < 4.78 is 113. The molecule has 31 nitrogen and oxygen atoms in total. The van der Waals surface area contributed by atoms with Crippen LogP contribution in [-0.2, 0) is 40.8 Å². The molecule has 6 aromatic heterocycles. The lowest BCUT2D eigenvalue weighted by Gasteiger charge is -2.28. The third kappa shape index (κ3) is 21.6. The maximum Gasteiger partial charge on any atom is 0.301 e. The summed E-state index contributed by atoms with van der Waals surface area (Å²) in [5.41, 5.74) is 20.0. The lowest BCUT2D eigenvalue weighted by atomic mass is 10.0. The second kappa shape index (κ2) is 40.5. The molecular formula is C100H90ClN19O12S4. The molecule has 20 rings (SSSR count). The molecule has 0 spiro atoms. The van der Waals surface area contributed by atoms with E-state index in [0.717, 1.165) is 108 Å². The average Bonchev–Trinajstić information content (AvgIpc) is 0.841. The Morgan fingerprint density at radius 1 is 0.301 bits per heavy atom. The number of rotatable bonds is 16. The van der Waals surface area contributed by atoms with Crippen LogP contribution >= 0.6 is 11.6 Å². The normalized spacial score (nSPS) is 15.3. The van der Waals surface area contributed by atoms with Crippen molar-refractivity contribution in [2.24, 2.45) is 0 Å². The molecule has 688 valence electrons. The molecular weight excluding hydrogens is 1820 g/mol. The third-order valence-corrected chi connectivity index (χ3v) is 29.4. The molecule has 4 aliphatic heterocycles. The number of carbonyl (C=O) groups excluding carboxylic acids is 4. The van der Waals surface area contributed by atoms with E-state index < -0.39 is 40.8 Å². The minimum Gasteiger partial charge on any atom is -0.322 e. The molecule has 0 bridgehead atoms. The number of nitrogens with one attached hydrogen (secondary N) is 8. The van der Waals surface area contributed by atoms with Crippen molar-refractivity contribution in [1.82, 2.24) is 53.8 Å². The molecule has 0 radical (unpaired) electrons. The van der Waals surface area contributed by atoms with E-state index >= 15 is 0 Å². The number of amides is 4. The minimum absolute atomic E-state index is 0.271. The fourth-order valence-corrected chi connectivity index (χ4v) is 21.2. The maximum atomic E-state index is 12.9. The van der Waals surface area contributed by atoms with Crippen molar-refractivity contribution < 1.29 is 52.8 Å². The zero-order chi connectivity index (χ0) is 94.8. The van der Waals surface area contributed by atoms with Crippen molar-refractivity contribution in [2.45, 2.75) is 46.5 Å². The number of carbonyl (C=O) groups is 4. The number of pyridine rings is 5. The molecule has 36 heteroatoms. The second-order valence-electron chi connectivity index (χ2n) is 32.2. The first-order chi connectivity index (χ1) is 65.6. The lowest BCUT2D eigenvalue weighted by Crippen LogP contribution is -2.47. The van der Waals surface area contributed by atoms with Crippen LogP contribution in [-0.4, -0.2) is 145 Å². The Bertz CT molecular complexity index is 6860. The zero-order valence-electron chi connectivity index (χ0n) is 73.6. The van der Waals surface area contributed by atoms with Gasteiger partial charge in [0.2, 0.25) is 0 Å². The van der Waals surface area contributed by atoms with E-state index in [9.17, 15) is 52.8 Å². The summed E-state index contributed by atoms with van der Waals surface area (Å²) in [4.78, 5) is 83.3. The first-order valence-electron chi connectivity index (χ1n) is 43.5. The van der Waals surface area contributed by atoms with Crippen LogP contribution in [0.3, 0.4) is 0 Å². The fourth-order valence-electron chi connectivity index (χ4n) is 15.7. The molecule has 4 fully saturated rings. The van der Waals surface area contributed by atoms with Gasteiger partial charge in [0, 0.05) is 149 Å². The van der Waals surface area contributed by atoms with Crippen LogP contribution in [0.15, 0.2) is 298 Å². The average molecular weight is 1910 g/mol. The molecule has 16 aromatic rings. The summed E-state index contributed by atoms with van der Waals surface area (Å²) in [6.45, 7) is 9.34. The van der Waals surface area contributed by atoms with Crippen LogP contribution in [0.2, 0.25) is 5.02 Å². The van der Waals surface area contributed by atoms with Crippen LogP contribution in [0.1, 0.15) is 83.8 Å². The highest BCUT2D eigenvalue weighted by Gasteiger charge is 2.31. The Hall–Kier alpha value is -14.9. The number of hydrogen-bond acceptors (Lipinski definition) is 19. The molecule has 4 aliphatic rings. The summed E-state index contributed by atoms with van der Waals surface area (Å²) in [5.74, 6) is -0.576. The third-order valence-electron chi connectivity index (χ3n) is 22.9. The van der Waals surface area contributed by atoms with Gasteiger partial charge in [-0.15, -0.1) is 0 Å². The van der Waals surface area contributed by atoms with Gasteiger partial charge in [0.1, 0.15) is 0 Å². The van der Waals surface area contributed by atoms with Crippen molar-refractivity contribution in [3.05, 3.63) is 342 Å². The van der Waals surface area contributed by atoms with Gasteiger partial charge in [0.05, 0.1) is 78.0 Å². The monoisotopic (exact) mass is 1910 g/mol. The summed E-state index contributed by atoms with van der Waals surface area (Å²) in [6.07, 6.45) is 8.12. The first-order valence-corrected chi connectivity index (χ1v) is 49.7. The van der Waals surface area contributed by atoms with E-state index in [1.165, 1.54) is 17.2 Å². The van der Waals surface area contributed by atoms with E-state index in [2.05, 4.69) is 65.1 Å². The molecule has 0 saturated carbocycles. The molecule has 0 unspecified atom stereocenters. The number of hydrogen-bond donors (Lipinski definition) is 8. The number of aryl methyl sites for hydroxylation is 3. The molecule has 0 atom stereocenters. The number of benzene rings is 10. The van der Waals surface area contributed by atoms with Crippen LogP contribution < -0.4 is 57.4 Å². The van der Waals surface area contributed by atoms with Crippen molar-refractivity contribution in [2.75, 3.05) is 90.8 Å². The number of aromatic nitrogens is 7. The van der Waals surface area contributed by atoms with E-state index in [4.69, 9.17) is 21.6 Å². The Balaban J connectivity index is 0.000000126. The Kier molecular flexibility index (Phi) is 27.7. The SMILES string of the molecule is Cc1ccc(NC(=O)c2ccc(N3CCCNS3(=O)=O)cc2)cc1-c1ccc2ccccc2n1.Cc1ccc(NC(=O)c2ccc(N3CCCNS3(=O)=O)cc2)cc1-c1ccc2ncccc2n1.Cc1ccc(NC(=O)c2ccc(N3CCCNS3(=O)=O)cc2)cc1-c1ncc2ccccc2n1.O=C(Nc1ccc(Cl)c(-c2ccc3ncccc3n2)c1)c1ccc(N2CCCNS2(=O)=O)cc1. The van der Waals surface area contributed by atoms with Crippen molar-refractivity contribution in [1.29, 1.82) is 0 Å². The van der Waals surface area contributed by atoms with Gasteiger partial charge in [-0.1, -0.05) is 72.3 Å². The molecule has 4 saturated heterocycles. The van der Waals surface area contributed by atoms with Crippen molar-refractivity contribution in [3.8, 4) is 45.2 Å². The molecule has 8 N–H and O–H groups in total. The quantitative estimate of drug-likeness (QED) is 0.0445. The van der Waals surface area contributed by atoms with Gasteiger partial charge in [-0.25, -0.2) is 24.9 Å². The summed E-state index contributed by atoms with van der Waals surface area (Å²) >= 11 is 6.42. The van der Waals surface area contributed by atoms with Crippen molar-refractivity contribution >= 4 is 165 Å². The Morgan fingerprint density at radius 3 is 0.993 bits per heavy atom. The Labute approximate surface area is 790 Å². The summed E-state index contributed by atoms with van der Waals surface area (Å²) in [6, 6.07) is 83.1. The predicted molar refractivity (Wildman–Crippen MR) is 534 cm³/mol. The highest BCUT2D eigenvalue weighted by atomic mass is 35.5. The minimum atomic E-state index is -3.55. The van der Waals surface area contributed by atoms with Gasteiger partial charge in [-0.3, -0.25) is 46.4 Å². The predicted octanol–water partition coefficient (Wildman–Crippen LogP) is 16.6. The Morgan fingerprint density at radius 2 is 0.610 bits per heavy atom. The van der Waals surface area contributed by atoms with Gasteiger partial charge in [0.15, 0.2) is 5.82 Å². The van der Waals surface area contributed by atoms with Crippen molar-refractivity contribution in [3.63, 3.8) is 0 Å². The van der Waals surface area contributed by atoms with Crippen LogP contribution in [0.25, 0.3) is 89.0 Å². The largest absolute Gasteiger partial charge is 0.322 e. The smallest absolute Gasteiger partial charge is 0.301 e. The second-order valence-corrected chi connectivity index (χ2v) is 39.3. The van der Waals surface area contributed by atoms with Crippen LogP contribution in [0.4, 0.5) is 45.5 Å². The number of para-hydroxylation sites is 2. The highest BCUT2D eigenvalue weighted by molar-refractivity contribution is 7.91. The van der Waals surface area contributed by atoms with E-state index in [1.807, 2.05) is 185 Å². The van der Waals surface area contributed by atoms with Gasteiger partial charge < -0.3 is 21.3 Å². The summed E-state index contributed by atoms with van der Waals surface area (Å²) in [7, 11) is -14.1. The van der Waals surface area contributed by atoms with Gasteiger partial charge in [-0.2, -0.15) is 52.6 Å². The molecule has 0 aliphatic carbocycles. The first kappa shape index (κ1) is 92.9. The summed E-state index contributed by atoms with van der Waals surface area (Å²) in [5, 5.41) is 14.2. The fraction of sp³-hybridized carbons (Fsp3) is 0.150. The highest BCUT2D eigenvalue weighted by Crippen LogP contribution is 2.36. The topological polar surface area (TPSA) is 404 Å². The molecule has 10 heterocycles. The molecule has 4 amide bonds. The van der Waals surface area contributed by atoms with Gasteiger partial charge in [0.25, 0.3) is 23.6 Å². The van der Waals surface area contributed by atoms with Crippen LogP contribution in [0, 0.1) is 20.8 Å². The zero-order valence-corrected chi connectivity index (χ0v) is 77.6. The van der Waals surface area contributed by atoms with E-state index in [1.54, 1.807) is 134 Å². The van der Waals surface area contributed by atoms with Gasteiger partial charge in [-0.05, 0) is 282 Å². The lowest BCUT2D eigenvalue weighted by molar-refractivity contribution is 0.101. The van der Waals surface area contributed by atoms with Crippen LogP contribution in [0.5, 0.6) is 0 Å². The number of nitrogens with zero attached hydrogens (tertiary/aromatic N) is 11. The maximum absolute atomic E-state index is 12.9. The van der Waals surface area contributed by atoms with E-state index in [-0.39, 0.29) is 23.6 Å². The number of anilines is 8. The van der Waals surface area contributed by atoms with Gasteiger partial charge >= 0.3 is 40.8 Å². The molecule has 10 aromatic carbocycles. The molecule has 136 heavy (non-hydrogen) atoms. The number of fused-ring (bicyclic) bond motifs is 4.